The fraction of sp³-hybridized carbons (Fsp3) is 0.667. The molecule has 0 aromatic heterocycles. The summed E-state index contributed by atoms with van der Waals surface area (Å²) in [6.45, 7) is 1.53. The van der Waals surface area contributed by atoms with Crippen LogP contribution in [0.15, 0.2) is 0 Å². The standard InChI is InChI=1S/C3H5N/c1-2-3-4/h2H2,1H3/i2D. The Morgan fingerprint density at radius 3 is 2.75 bits per heavy atom. The molecule has 0 amide bonds. The molecule has 0 fully saturated rings. The third-order valence-corrected chi connectivity index (χ3v) is 0.129. The smallest absolute Gasteiger partial charge is 0.0618 e. The van der Waals surface area contributed by atoms with E-state index in [1.54, 1.807) is 6.07 Å². The van der Waals surface area contributed by atoms with Crippen LogP contribution in [0.25, 0.3) is 0 Å². The van der Waals surface area contributed by atoms with E-state index in [1.807, 2.05) is 0 Å². The molecule has 0 N–H and O–H groups in total. The van der Waals surface area contributed by atoms with Crippen LogP contribution < -0.4 is 0 Å². The Morgan fingerprint density at radius 1 is 2.50 bits per heavy atom. The van der Waals surface area contributed by atoms with E-state index >= 15 is 0 Å². The number of nitriles is 1. The lowest BCUT2D eigenvalue weighted by Crippen LogP contribution is -1.38. The van der Waals surface area contributed by atoms with Crippen LogP contribution in [0.4, 0.5) is 0 Å². The van der Waals surface area contributed by atoms with Gasteiger partial charge in [0.25, 0.3) is 0 Å². The van der Waals surface area contributed by atoms with Crippen molar-refractivity contribution in [1.82, 2.24) is 0 Å². The zero-order valence-corrected chi connectivity index (χ0v) is 2.52. The summed E-state index contributed by atoms with van der Waals surface area (Å²) in [6.07, 6.45) is -0.560. The van der Waals surface area contributed by atoms with Crippen molar-refractivity contribution in [2.75, 3.05) is 0 Å². The molecule has 1 atom stereocenters. The highest BCUT2D eigenvalue weighted by Gasteiger charge is 1.49. The second-order valence-corrected chi connectivity index (χ2v) is 0.418. The Balaban J connectivity index is 2.94. The molecule has 0 rings (SSSR count). The first-order valence-electron chi connectivity index (χ1n) is 1.67. The van der Waals surface area contributed by atoms with Gasteiger partial charge in [0, 0.05) is 7.77 Å². The van der Waals surface area contributed by atoms with Crippen LogP contribution in [-0.4, -0.2) is 0 Å². The van der Waals surface area contributed by atoms with Gasteiger partial charge in [-0.3, -0.25) is 0 Å². The zero-order chi connectivity index (χ0) is 4.28. The van der Waals surface area contributed by atoms with Gasteiger partial charge < -0.3 is 0 Å². The van der Waals surface area contributed by atoms with Gasteiger partial charge in [-0.25, -0.2) is 0 Å². The molecule has 22 valence electrons. The second-order valence-electron chi connectivity index (χ2n) is 0.418. The molecule has 0 bridgehead atoms. The third kappa shape index (κ3) is 1.49. The summed E-state index contributed by atoms with van der Waals surface area (Å²) in [5, 5.41) is 7.71. The molecule has 4 heavy (non-hydrogen) atoms. The molecule has 1 nitrogen and oxygen atoms in total. The fourth-order valence-corrected chi connectivity index (χ4v) is 0. The summed E-state index contributed by atoms with van der Waals surface area (Å²) in [6, 6.07) is 1.69. The Kier molecular flexibility index (Phi) is 1.11. The van der Waals surface area contributed by atoms with Crippen molar-refractivity contribution in [3.63, 3.8) is 0 Å². The lowest BCUT2D eigenvalue weighted by atomic mass is 10.6. The van der Waals surface area contributed by atoms with Crippen LogP contribution in [0.3, 0.4) is 0 Å². The summed E-state index contributed by atoms with van der Waals surface area (Å²) in [7, 11) is 0. The highest BCUT2D eigenvalue weighted by molar-refractivity contribution is 4.61. The first-order chi connectivity index (χ1) is 2.27. The highest BCUT2D eigenvalue weighted by atomic mass is 14.2. The van der Waals surface area contributed by atoms with E-state index in [-0.39, 0.29) is 0 Å². The van der Waals surface area contributed by atoms with Crippen LogP contribution in [0.5, 0.6) is 0 Å². The van der Waals surface area contributed by atoms with Gasteiger partial charge >= 0.3 is 0 Å². The maximum atomic E-state index is 7.71. The summed E-state index contributed by atoms with van der Waals surface area (Å²) < 4.78 is 6.47. The van der Waals surface area contributed by atoms with E-state index in [2.05, 4.69) is 0 Å². The molecule has 0 aromatic carbocycles. The molecule has 0 aromatic rings. The van der Waals surface area contributed by atoms with Crippen LogP contribution >= 0.6 is 0 Å². The summed E-state index contributed by atoms with van der Waals surface area (Å²) in [5.74, 6) is 0. The predicted molar refractivity (Wildman–Crippen MR) is 15.9 cm³/mol. The lowest BCUT2D eigenvalue weighted by Gasteiger charge is -1.47. The maximum Gasteiger partial charge on any atom is 0.0618 e. The Morgan fingerprint density at radius 2 is 2.75 bits per heavy atom. The SMILES string of the molecule is [2H]C(C)C#N. The van der Waals surface area contributed by atoms with E-state index < -0.39 is 6.40 Å². The average molecular weight is 56.1 g/mol. The second kappa shape index (κ2) is 2.49. The largest absolute Gasteiger partial charge is 0.198 e. The van der Waals surface area contributed by atoms with Crippen molar-refractivity contribution in [3.05, 3.63) is 0 Å². The third-order valence-electron chi connectivity index (χ3n) is 0.129. The van der Waals surface area contributed by atoms with Crippen molar-refractivity contribution < 1.29 is 1.37 Å². The van der Waals surface area contributed by atoms with Gasteiger partial charge in [0.2, 0.25) is 0 Å². The molecular weight excluding hydrogens is 50.0 g/mol. The summed E-state index contributed by atoms with van der Waals surface area (Å²) in [4.78, 5) is 0. The van der Waals surface area contributed by atoms with Gasteiger partial charge in [-0.1, -0.05) is 6.92 Å². The molecule has 0 aliphatic heterocycles. The fourth-order valence-electron chi connectivity index (χ4n) is 0. The van der Waals surface area contributed by atoms with Crippen molar-refractivity contribution in [2.45, 2.75) is 13.3 Å². The Labute approximate surface area is 27.3 Å². The molecule has 0 aliphatic carbocycles. The Bertz CT molecular complexity index is 52.4. The number of hydrogen-bond acceptors (Lipinski definition) is 1. The maximum absolute atomic E-state index is 7.71. The topological polar surface area (TPSA) is 23.8 Å². The number of hydrogen-bond donors (Lipinski definition) is 0. The van der Waals surface area contributed by atoms with E-state index in [1.165, 1.54) is 6.92 Å². The van der Waals surface area contributed by atoms with Crippen LogP contribution in [-0.2, 0) is 0 Å². The average Bonchev–Trinajstić information content (AvgIpc) is 1.38. The quantitative estimate of drug-likeness (QED) is 0.405. The van der Waals surface area contributed by atoms with E-state index in [9.17, 15) is 0 Å². The van der Waals surface area contributed by atoms with Gasteiger partial charge in [-0.2, -0.15) is 5.26 Å². The van der Waals surface area contributed by atoms with E-state index in [0.717, 1.165) is 0 Å². The van der Waals surface area contributed by atoms with Gasteiger partial charge in [0.15, 0.2) is 0 Å². The normalized spacial score (nSPS) is 16.5. The van der Waals surface area contributed by atoms with Crippen molar-refractivity contribution in [3.8, 4) is 6.07 Å². The van der Waals surface area contributed by atoms with Crippen LogP contribution in [0.1, 0.15) is 14.7 Å². The molecule has 0 spiro atoms. The number of nitrogens with zero attached hydrogens (tertiary/aromatic N) is 1. The van der Waals surface area contributed by atoms with Crippen molar-refractivity contribution in [2.24, 2.45) is 0 Å². The first kappa shape index (κ1) is 1.78. The summed E-state index contributed by atoms with van der Waals surface area (Å²) >= 11 is 0. The van der Waals surface area contributed by atoms with Crippen molar-refractivity contribution in [1.29, 1.82) is 5.26 Å². The molecule has 0 saturated carbocycles. The molecule has 0 heterocycles. The molecule has 0 aliphatic rings. The first-order valence-corrected chi connectivity index (χ1v) is 1.09. The zero-order valence-electron chi connectivity index (χ0n) is 3.52. The Hall–Kier alpha value is -0.510. The minimum Gasteiger partial charge on any atom is -0.198 e. The van der Waals surface area contributed by atoms with Gasteiger partial charge in [-0.05, 0) is 0 Å². The highest BCUT2D eigenvalue weighted by Crippen LogP contribution is 1.58. The van der Waals surface area contributed by atoms with Crippen LogP contribution in [0, 0.1) is 11.3 Å². The number of rotatable bonds is 0. The molecule has 1 heteroatoms. The molecule has 0 saturated heterocycles. The van der Waals surface area contributed by atoms with Crippen LogP contribution in [0.2, 0.25) is 0 Å². The molecular formula is C3H5N. The monoisotopic (exact) mass is 56.0 g/mol. The van der Waals surface area contributed by atoms with E-state index in [0.29, 0.717) is 0 Å². The van der Waals surface area contributed by atoms with E-state index in [4.69, 9.17) is 6.63 Å². The summed E-state index contributed by atoms with van der Waals surface area (Å²) in [5.41, 5.74) is 0. The minimum absolute atomic E-state index is 0.560. The predicted octanol–water partition coefficient (Wildman–Crippen LogP) is 0.920. The van der Waals surface area contributed by atoms with Gasteiger partial charge in [0.1, 0.15) is 0 Å². The molecule has 0 radical (unpaired) electrons. The van der Waals surface area contributed by atoms with Crippen molar-refractivity contribution >= 4 is 0 Å². The van der Waals surface area contributed by atoms with Gasteiger partial charge in [-0.15, -0.1) is 0 Å². The minimum atomic E-state index is -0.560. The molecule has 1 unspecified atom stereocenters. The van der Waals surface area contributed by atoms with Gasteiger partial charge in [0.05, 0.1) is 6.07 Å². The lowest BCUT2D eigenvalue weighted by molar-refractivity contribution is 1.22.